The van der Waals surface area contributed by atoms with Gasteiger partial charge in [0.05, 0.1) is 11.9 Å². The summed E-state index contributed by atoms with van der Waals surface area (Å²) in [5, 5.41) is 3.40. The number of rotatable bonds is 3. The molecule has 2 N–H and O–H groups in total. The summed E-state index contributed by atoms with van der Waals surface area (Å²) in [6.45, 7) is 6.56. The van der Waals surface area contributed by atoms with Gasteiger partial charge in [-0.15, -0.1) is 0 Å². The van der Waals surface area contributed by atoms with E-state index in [1.54, 1.807) is 0 Å². The molecule has 1 unspecified atom stereocenters. The summed E-state index contributed by atoms with van der Waals surface area (Å²) in [6.07, 6.45) is 4.28. The van der Waals surface area contributed by atoms with Crippen LogP contribution in [0.3, 0.4) is 0 Å². The summed E-state index contributed by atoms with van der Waals surface area (Å²) in [5.74, 6) is 1.85. The van der Waals surface area contributed by atoms with Crippen LogP contribution in [0.5, 0.6) is 0 Å². The number of nitrogens with one attached hydrogen (secondary N) is 2. The number of aryl methyl sites for hydroxylation is 2. The van der Waals surface area contributed by atoms with E-state index in [1.165, 1.54) is 23.1 Å². The smallest absolute Gasteiger partial charge is 0.106 e. The van der Waals surface area contributed by atoms with Crippen molar-refractivity contribution in [2.45, 2.75) is 26.7 Å². The molecule has 0 saturated carbocycles. The second-order valence-electron chi connectivity index (χ2n) is 5.62. The highest BCUT2D eigenvalue weighted by atomic mass is 14.9. The van der Waals surface area contributed by atoms with Crippen molar-refractivity contribution in [3.05, 3.63) is 41.3 Å². The number of imidazole rings is 1. The van der Waals surface area contributed by atoms with Crippen LogP contribution in [0, 0.1) is 19.8 Å². The van der Waals surface area contributed by atoms with Crippen molar-refractivity contribution >= 4 is 0 Å². The van der Waals surface area contributed by atoms with Crippen LogP contribution in [0.4, 0.5) is 0 Å². The van der Waals surface area contributed by atoms with Crippen molar-refractivity contribution in [3.63, 3.8) is 0 Å². The first-order valence-corrected chi connectivity index (χ1v) is 7.04. The van der Waals surface area contributed by atoms with Gasteiger partial charge in [0.1, 0.15) is 5.82 Å². The molecule has 2 heterocycles. The Bertz CT molecular complexity index is 565. The fourth-order valence-corrected chi connectivity index (χ4v) is 2.88. The number of hydrogen-bond donors (Lipinski definition) is 2. The normalized spacial score (nSPS) is 18.9. The van der Waals surface area contributed by atoms with E-state index in [-0.39, 0.29) is 0 Å². The molecule has 1 aromatic carbocycles. The molecule has 100 valence electrons. The molecular formula is C16H21N3. The molecule has 19 heavy (non-hydrogen) atoms. The lowest BCUT2D eigenvalue weighted by Gasteiger charge is -2.06. The Kier molecular flexibility index (Phi) is 3.38. The molecule has 1 atom stereocenters. The quantitative estimate of drug-likeness (QED) is 0.885. The first-order valence-electron chi connectivity index (χ1n) is 7.04. The lowest BCUT2D eigenvalue weighted by Crippen LogP contribution is -2.11. The van der Waals surface area contributed by atoms with Crippen molar-refractivity contribution in [2.24, 2.45) is 5.92 Å². The van der Waals surface area contributed by atoms with Gasteiger partial charge in [-0.3, -0.25) is 0 Å². The van der Waals surface area contributed by atoms with Crippen LogP contribution in [0.25, 0.3) is 11.3 Å². The van der Waals surface area contributed by atoms with Crippen LogP contribution in [-0.4, -0.2) is 23.1 Å². The number of benzene rings is 1. The van der Waals surface area contributed by atoms with E-state index in [0.717, 1.165) is 36.9 Å². The van der Waals surface area contributed by atoms with Crippen LogP contribution in [-0.2, 0) is 6.42 Å². The van der Waals surface area contributed by atoms with Gasteiger partial charge in [-0.1, -0.05) is 23.8 Å². The number of H-pyrrole nitrogens is 1. The lowest BCUT2D eigenvalue weighted by molar-refractivity contribution is 0.565. The predicted molar refractivity (Wildman–Crippen MR) is 78.2 cm³/mol. The Morgan fingerprint density at radius 2 is 2.21 bits per heavy atom. The van der Waals surface area contributed by atoms with Gasteiger partial charge in [0.25, 0.3) is 0 Å². The molecule has 1 aliphatic heterocycles. The lowest BCUT2D eigenvalue weighted by atomic mass is 10.0. The Morgan fingerprint density at radius 3 is 2.95 bits per heavy atom. The molecule has 0 aliphatic carbocycles. The zero-order valence-corrected chi connectivity index (χ0v) is 11.7. The van der Waals surface area contributed by atoms with E-state index in [1.807, 2.05) is 6.20 Å². The Morgan fingerprint density at radius 1 is 1.32 bits per heavy atom. The van der Waals surface area contributed by atoms with Crippen molar-refractivity contribution in [2.75, 3.05) is 13.1 Å². The summed E-state index contributed by atoms with van der Waals surface area (Å²) in [4.78, 5) is 8.01. The topological polar surface area (TPSA) is 40.7 Å². The molecule has 0 bridgehead atoms. The van der Waals surface area contributed by atoms with Crippen molar-refractivity contribution in [1.82, 2.24) is 15.3 Å². The fourth-order valence-electron chi connectivity index (χ4n) is 2.88. The second-order valence-corrected chi connectivity index (χ2v) is 5.62. The minimum Gasteiger partial charge on any atom is -0.342 e. The Hall–Kier alpha value is -1.61. The van der Waals surface area contributed by atoms with Crippen molar-refractivity contribution < 1.29 is 0 Å². The van der Waals surface area contributed by atoms with E-state index in [9.17, 15) is 0 Å². The van der Waals surface area contributed by atoms with Crippen LogP contribution in [0.1, 0.15) is 23.4 Å². The monoisotopic (exact) mass is 255 g/mol. The summed E-state index contributed by atoms with van der Waals surface area (Å²) in [7, 11) is 0. The molecule has 0 spiro atoms. The molecule has 1 fully saturated rings. The largest absolute Gasteiger partial charge is 0.342 e. The average molecular weight is 255 g/mol. The van der Waals surface area contributed by atoms with Gasteiger partial charge >= 0.3 is 0 Å². The minimum absolute atomic E-state index is 0.734. The molecule has 2 aromatic rings. The summed E-state index contributed by atoms with van der Waals surface area (Å²) in [5.41, 5.74) is 5.00. The van der Waals surface area contributed by atoms with Gasteiger partial charge in [-0.25, -0.2) is 4.98 Å². The van der Waals surface area contributed by atoms with Gasteiger partial charge < -0.3 is 10.3 Å². The molecule has 3 rings (SSSR count). The summed E-state index contributed by atoms with van der Waals surface area (Å²) >= 11 is 0. The van der Waals surface area contributed by atoms with Crippen molar-refractivity contribution in [3.8, 4) is 11.3 Å². The number of aromatic amines is 1. The van der Waals surface area contributed by atoms with E-state index in [0.29, 0.717) is 0 Å². The maximum Gasteiger partial charge on any atom is 0.106 e. The minimum atomic E-state index is 0.734. The van der Waals surface area contributed by atoms with Crippen LogP contribution in [0.2, 0.25) is 0 Å². The molecule has 1 aromatic heterocycles. The number of nitrogens with zero attached hydrogens (tertiary/aromatic N) is 1. The maximum atomic E-state index is 4.54. The second kappa shape index (κ2) is 5.17. The Balaban J connectivity index is 1.80. The first-order chi connectivity index (χ1) is 9.22. The molecule has 1 aliphatic rings. The maximum absolute atomic E-state index is 4.54. The molecule has 0 radical (unpaired) electrons. The fraction of sp³-hybridized carbons (Fsp3) is 0.438. The van der Waals surface area contributed by atoms with Crippen LogP contribution < -0.4 is 5.32 Å². The molecule has 1 saturated heterocycles. The third-order valence-corrected chi connectivity index (χ3v) is 3.94. The van der Waals surface area contributed by atoms with Crippen LogP contribution in [0.15, 0.2) is 24.4 Å². The van der Waals surface area contributed by atoms with E-state index in [4.69, 9.17) is 0 Å². The molecule has 0 amide bonds. The molecule has 3 nitrogen and oxygen atoms in total. The van der Waals surface area contributed by atoms with Gasteiger partial charge in [-0.05, 0) is 44.8 Å². The highest BCUT2D eigenvalue weighted by Crippen LogP contribution is 2.23. The third-order valence-electron chi connectivity index (χ3n) is 3.94. The average Bonchev–Trinajstić information content (AvgIpc) is 3.01. The first kappa shape index (κ1) is 12.4. The Labute approximate surface area is 114 Å². The van der Waals surface area contributed by atoms with Crippen LogP contribution >= 0.6 is 0 Å². The van der Waals surface area contributed by atoms with E-state index in [2.05, 4.69) is 47.3 Å². The SMILES string of the molecule is Cc1ccc(-c2cnc(CC3CCNC3)[nH]2)c(C)c1. The van der Waals surface area contributed by atoms with E-state index >= 15 is 0 Å². The van der Waals surface area contributed by atoms with E-state index < -0.39 is 0 Å². The number of aromatic nitrogens is 2. The summed E-state index contributed by atoms with van der Waals surface area (Å²) < 4.78 is 0. The number of hydrogen-bond acceptors (Lipinski definition) is 2. The summed E-state index contributed by atoms with van der Waals surface area (Å²) in [6, 6.07) is 6.56. The zero-order chi connectivity index (χ0) is 13.2. The van der Waals surface area contributed by atoms with Gasteiger partial charge in [0.2, 0.25) is 0 Å². The zero-order valence-electron chi connectivity index (χ0n) is 11.7. The van der Waals surface area contributed by atoms with Gasteiger partial charge in [0.15, 0.2) is 0 Å². The molecular weight excluding hydrogens is 234 g/mol. The molecule has 3 heteroatoms. The third kappa shape index (κ3) is 2.71. The predicted octanol–water partition coefficient (Wildman–Crippen LogP) is 2.85. The highest BCUT2D eigenvalue weighted by Gasteiger charge is 2.16. The standard InChI is InChI=1S/C16H21N3/c1-11-3-4-14(12(2)7-11)15-10-18-16(19-15)8-13-5-6-17-9-13/h3-4,7,10,13,17H,5-6,8-9H2,1-2H3,(H,18,19). The van der Waals surface area contributed by atoms with Gasteiger partial charge in [0, 0.05) is 12.0 Å². The van der Waals surface area contributed by atoms with Gasteiger partial charge in [-0.2, -0.15) is 0 Å². The van der Waals surface area contributed by atoms with Crippen molar-refractivity contribution in [1.29, 1.82) is 0 Å². The highest BCUT2D eigenvalue weighted by molar-refractivity contribution is 5.63.